The number of carbonyl (C=O) groups is 1. The van der Waals surface area contributed by atoms with Crippen molar-refractivity contribution >= 4 is 5.91 Å². The Balaban J connectivity index is 2.50. The van der Waals surface area contributed by atoms with E-state index >= 15 is 0 Å². The predicted octanol–water partition coefficient (Wildman–Crippen LogP) is 0.960. The molecule has 0 radical (unpaired) electrons. The van der Waals surface area contributed by atoms with Gasteiger partial charge in [-0.15, -0.1) is 0 Å². The fourth-order valence-corrected chi connectivity index (χ4v) is 2.13. The molecule has 1 amide bonds. The zero-order chi connectivity index (χ0) is 12.8. The minimum Gasteiger partial charge on any atom is -0.359 e. The lowest BCUT2D eigenvalue weighted by atomic mass is 10.1. The van der Waals surface area contributed by atoms with Gasteiger partial charge >= 0.3 is 0 Å². The van der Waals surface area contributed by atoms with Crippen LogP contribution in [0.4, 0.5) is 0 Å². The second kappa shape index (κ2) is 6.97. The summed E-state index contributed by atoms with van der Waals surface area (Å²) in [6, 6.07) is 0.883. The molecule has 1 atom stereocenters. The molecule has 4 heteroatoms. The highest BCUT2D eigenvalue weighted by atomic mass is 16.1. The quantitative estimate of drug-likeness (QED) is 0.665. The average molecular weight is 241 g/mol. The average Bonchev–Trinajstić information content (AvgIpc) is 3.11. The first-order chi connectivity index (χ1) is 8.08. The lowest BCUT2D eigenvalue weighted by Gasteiger charge is -2.31. The molecular formula is C13H27N3O. The van der Waals surface area contributed by atoms with Crippen molar-refractivity contribution in [1.29, 1.82) is 0 Å². The van der Waals surface area contributed by atoms with Gasteiger partial charge in [-0.25, -0.2) is 0 Å². The number of nitrogens with two attached hydrogens (primary N) is 1. The van der Waals surface area contributed by atoms with Crippen molar-refractivity contribution in [2.45, 2.75) is 51.6 Å². The van der Waals surface area contributed by atoms with Crippen molar-refractivity contribution in [3.8, 4) is 0 Å². The van der Waals surface area contributed by atoms with Gasteiger partial charge in [0.05, 0.1) is 0 Å². The lowest BCUT2D eigenvalue weighted by molar-refractivity contribution is -0.121. The van der Waals surface area contributed by atoms with Crippen LogP contribution < -0.4 is 11.1 Å². The molecule has 0 aromatic heterocycles. The van der Waals surface area contributed by atoms with Crippen LogP contribution in [0.1, 0.15) is 39.5 Å². The molecule has 0 bridgehead atoms. The first kappa shape index (κ1) is 14.5. The van der Waals surface area contributed by atoms with Gasteiger partial charge < -0.3 is 11.1 Å². The SMILES string of the molecule is CNC(=O)CC(CN)N(CCC(C)C)C1CC1. The van der Waals surface area contributed by atoms with Crippen molar-refractivity contribution in [3.05, 3.63) is 0 Å². The maximum atomic E-state index is 11.5. The van der Waals surface area contributed by atoms with Gasteiger partial charge in [-0.1, -0.05) is 13.8 Å². The van der Waals surface area contributed by atoms with E-state index in [0.29, 0.717) is 24.9 Å². The fourth-order valence-electron chi connectivity index (χ4n) is 2.13. The molecule has 0 aromatic rings. The van der Waals surface area contributed by atoms with Crippen LogP contribution >= 0.6 is 0 Å². The van der Waals surface area contributed by atoms with Crippen LogP contribution in [0.25, 0.3) is 0 Å². The monoisotopic (exact) mass is 241 g/mol. The van der Waals surface area contributed by atoms with Gasteiger partial charge in [0.2, 0.25) is 5.91 Å². The van der Waals surface area contributed by atoms with Crippen LogP contribution in [0.5, 0.6) is 0 Å². The Hall–Kier alpha value is -0.610. The molecule has 1 aliphatic rings. The van der Waals surface area contributed by atoms with Crippen molar-refractivity contribution in [1.82, 2.24) is 10.2 Å². The Morgan fingerprint density at radius 1 is 1.47 bits per heavy atom. The second-order valence-corrected chi connectivity index (χ2v) is 5.42. The molecule has 4 nitrogen and oxygen atoms in total. The molecule has 100 valence electrons. The highest BCUT2D eigenvalue weighted by Gasteiger charge is 2.33. The maximum absolute atomic E-state index is 11.5. The summed E-state index contributed by atoms with van der Waals surface area (Å²) in [5.74, 6) is 0.797. The van der Waals surface area contributed by atoms with Crippen LogP contribution in [-0.4, -0.2) is 43.0 Å². The molecule has 1 fully saturated rings. The summed E-state index contributed by atoms with van der Waals surface area (Å²) in [5.41, 5.74) is 5.83. The minimum absolute atomic E-state index is 0.0932. The first-order valence-corrected chi connectivity index (χ1v) is 6.74. The first-order valence-electron chi connectivity index (χ1n) is 6.74. The van der Waals surface area contributed by atoms with E-state index < -0.39 is 0 Å². The van der Waals surface area contributed by atoms with Crippen molar-refractivity contribution in [2.24, 2.45) is 11.7 Å². The summed E-state index contributed by atoms with van der Waals surface area (Å²) in [5, 5.41) is 2.69. The van der Waals surface area contributed by atoms with E-state index in [2.05, 4.69) is 24.1 Å². The Labute approximate surface area is 105 Å². The predicted molar refractivity (Wildman–Crippen MR) is 70.7 cm³/mol. The third-order valence-electron chi connectivity index (χ3n) is 3.42. The topological polar surface area (TPSA) is 58.4 Å². The van der Waals surface area contributed by atoms with E-state index in [4.69, 9.17) is 5.73 Å². The zero-order valence-corrected chi connectivity index (χ0v) is 11.4. The standard InChI is InChI=1S/C13H27N3O/c1-10(2)6-7-16(11-4-5-11)12(9-14)8-13(17)15-3/h10-12H,4-9,14H2,1-3H3,(H,15,17). The normalized spacial score (nSPS) is 17.5. The molecule has 3 N–H and O–H groups in total. The van der Waals surface area contributed by atoms with E-state index in [1.54, 1.807) is 7.05 Å². The van der Waals surface area contributed by atoms with Gasteiger partial charge in [0, 0.05) is 32.1 Å². The zero-order valence-electron chi connectivity index (χ0n) is 11.4. The number of hydrogen-bond acceptors (Lipinski definition) is 3. The van der Waals surface area contributed by atoms with Gasteiger partial charge in [-0.05, 0) is 31.7 Å². The summed E-state index contributed by atoms with van der Waals surface area (Å²) in [4.78, 5) is 13.9. The van der Waals surface area contributed by atoms with Crippen LogP contribution in [0.3, 0.4) is 0 Å². The summed E-state index contributed by atoms with van der Waals surface area (Å²) >= 11 is 0. The minimum atomic E-state index is 0.0932. The molecule has 1 rings (SSSR count). The Morgan fingerprint density at radius 2 is 2.12 bits per heavy atom. The molecule has 0 aliphatic heterocycles. The summed E-state index contributed by atoms with van der Waals surface area (Å²) in [6.45, 7) is 6.12. The molecule has 0 saturated heterocycles. The third kappa shape index (κ3) is 5.04. The number of amides is 1. The fraction of sp³-hybridized carbons (Fsp3) is 0.923. The van der Waals surface area contributed by atoms with Gasteiger partial charge in [0.25, 0.3) is 0 Å². The van der Waals surface area contributed by atoms with E-state index in [1.165, 1.54) is 19.3 Å². The molecule has 0 aromatic carbocycles. The molecular weight excluding hydrogens is 214 g/mol. The van der Waals surface area contributed by atoms with E-state index in [0.717, 1.165) is 6.54 Å². The van der Waals surface area contributed by atoms with Crippen LogP contribution in [0.15, 0.2) is 0 Å². The summed E-state index contributed by atoms with van der Waals surface area (Å²) in [7, 11) is 1.69. The van der Waals surface area contributed by atoms with E-state index in [-0.39, 0.29) is 11.9 Å². The van der Waals surface area contributed by atoms with Crippen LogP contribution in [0, 0.1) is 5.92 Å². The van der Waals surface area contributed by atoms with Crippen LogP contribution in [-0.2, 0) is 4.79 Å². The van der Waals surface area contributed by atoms with E-state index in [1.807, 2.05) is 0 Å². The molecule has 1 saturated carbocycles. The highest BCUT2D eigenvalue weighted by molar-refractivity contribution is 5.76. The van der Waals surface area contributed by atoms with Gasteiger partial charge in [-0.2, -0.15) is 0 Å². The Morgan fingerprint density at radius 3 is 2.53 bits per heavy atom. The Bertz CT molecular complexity index is 239. The smallest absolute Gasteiger partial charge is 0.221 e. The number of carbonyl (C=O) groups excluding carboxylic acids is 1. The highest BCUT2D eigenvalue weighted by Crippen LogP contribution is 2.29. The van der Waals surface area contributed by atoms with Gasteiger partial charge in [0.15, 0.2) is 0 Å². The van der Waals surface area contributed by atoms with Crippen molar-refractivity contribution in [3.63, 3.8) is 0 Å². The molecule has 1 aliphatic carbocycles. The molecule has 0 spiro atoms. The largest absolute Gasteiger partial charge is 0.359 e. The van der Waals surface area contributed by atoms with E-state index in [9.17, 15) is 4.79 Å². The Kier molecular flexibility index (Phi) is 5.92. The summed E-state index contributed by atoms with van der Waals surface area (Å²) < 4.78 is 0. The number of rotatable bonds is 8. The molecule has 0 heterocycles. The third-order valence-corrected chi connectivity index (χ3v) is 3.42. The van der Waals surface area contributed by atoms with Gasteiger partial charge in [-0.3, -0.25) is 9.69 Å². The number of nitrogens with zero attached hydrogens (tertiary/aromatic N) is 1. The second-order valence-electron chi connectivity index (χ2n) is 5.42. The molecule has 17 heavy (non-hydrogen) atoms. The number of hydrogen-bond donors (Lipinski definition) is 2. The van der Waals surface area contributed by atoms with Crippen LogP contribution in [0.2, 0.25) is 0 Å². The van der Waals surface area contributed by atoms with Crippen molar-refractivity contribution in [2.75, 3.05) is 20.1 Å². The lowest BCUT2D eigenvalue weighted by Crippen LogP contribution is -2.45. The number of nitrogens with one attached hydrogen (secondary N) is 1. The summed E-state index contributed by atoms with van der Waals surface area (Å²) in [6.07, 6.45) is 4.24. The van der Waals surface area contributed by atoms with Crippen molar-refractivity contribution < 1.29 is 4.79 Å². The van der Waals surface area contributed by atoms with Gasteiger partial charge in [0.1, 0.15) is 0 Å². The molecule has 1 unspecified atom stereocenters. The maximum Gasteiger partial charge on any atom is 0.221 e.